The van der Waals surface area contributed by atoms with Crippen LogP contribution in [0.15, 0.2) is 69.9 Å². The first-order valence-electron chi connectivity index (χ1n) is 11.3. The number of halogens is 2. The minimum Gasteiger partial charge on any atom is -0.457 e. The zero-order chi connectivity index (χ0) is 25.9. The van der Waals surface area contributed by atoms with Gasteiger partial charge in [0.1, 0.15) is 22.3 Å². The maximum absolute atomic E-state index is 13.6. The van der Waals surface area contributed by atoms with Gasteiger partial charge in [-0.2, -0.15) is 5.26 Å². The lowest BCUT2D eigenvalue weighted by molar-refractivity contribution is -0.128. The zero-order valence-electron chi connectivity index (χ0n) is 19.3. The van der Waals surface area contributed by atoms with Crippen LogP contribution in [0, 0.1) is 11.3 Å². The highest BCUT2D eigenvalue weighted by Gasteiger charge is 2.24. The van der Waals surface area contributed by atoms with Crippen molar-refractivity contribution in [3.8, 4) is 23.1 Å². The zero-order valence-corrected chi connectivity index (χ0v) is 21.6. The molecule has 2 aromatic heterocycles. The van der Waals surface area contributed by atoms with E-state index in [9.17, 15) is 14.9 Å². The Labute approximate surface area is 225 Å². The van der Waals surface area contributed by atoms with E-state index in [1.165, 1.54) is 4.57 Å². The molecule has 1 saturated heterocycles. The van der Waals surface area contributed by atoms with E-state index in [-0.39, 0.29) is 15.8 Å². The van der Waals surface area contributed by atoms with Gasteiger partial charge in [0, 0.05) is 29.8 Å². The summed E-state index contributed by atoms with van der Waals surface area (Å²) in [7, 11) is 0. The number of rotatable bonds is 4. The maximum Gasteiger partial charge on any atom is 0.273 e. The maximum atomic E-state index is 13.6. The van der Waals surface area contributed by atoms with Crippen molar-refractivity contribution in [2.24, 2.45) is 0 Å². The topological polar surface area (TPSA) is 88.5 Å². The standard InChI is InChI=1S/C27H19Cl2N3O4S/c28-17-6-8-22(29)20(14-17)23-9-7-19(36-23)15-24-26(34)32(18-4-2-1-3-5-18)27(37-24)21(16-30)25(33)31-10-12-35-13-11-31/h1-9,14-15H,10-13H2. The van der Waals surface area contributed by atoms with Gasteiger partial charge in [-0.3, -0.25) is 14.2 Å². The number of morpholine rings is 1. The molecule has 37 heavy (non-hydrogen) atoms. The van der Waals surface area contributed by atoms with E-state index in [0.29, 0.717) is 63.7 Å². The summed E-state index contributed by atoms with van der Waals surface area (Å²) >= 11 is 13.5. The molecule has 1 aliphatic rings. The van der Waals surface area contributed by atoms with Gasteiger partial charge in [-0.15, -0.1) is 11.3 Å². The number of hydrogen-bond acceptors (Lipinski definition) is 6. The summed E-state index contributed by atoms with van der Waals surface area (Å²) in [5.41, 5.74) is 0.705. The van der Waals surface area contributed by atoms with Crippen molar-refractivity contribution in [1.82, 2.24) is 9.47 Å². The van der Waals surface area contributed by atoms with Crippen LogP contribution in [0.4, 0.5) is 0 Å². The molecule has 0 atom stereocenters. The average Bonchev–Trinajstić information content (AvgIpc) is 3.51. The molecule has 1 aliphatic heterocycles. The van der Waals surface area contributed by atoms with Gasteiger partial charge in [0.05, 0.1) is 28.5 Å². The summed E-state index contributed by atoms with van der Waals surface area (Å²) in [5.74, 6) is 0.471. The molecule has 0 saturated carbocycles. The fourth-order valence-corrected chi connectivity index (χ4v) is 5.42. The smallest absolute Gasteiger partial charge is 0.273 e. The number of benzene rings is 2. The van der Waals surface area contributed by atoms with Gasteiger partial charge in [-0.1, -0.05) is 41.4 Å². The van der Waals surface area contributed by atoms with Gasteiger partial charge in [0.25, 0.3) is 11.5 Å². The van der Waals surface area contributed by atoms with Gasteiger partial charge in [-0.05, 0) is 42.5 Å². The molecular weight excluding hydrogens is 533 g/mol. The average molecular weight is 552 g/mol. The van der Waals surface area contributed by atoms with E-state index < -0.39 is 5.91 Å². The lowest BCUT2D eigenvalue weighted by Crippen LogP contribution is -2.42. The quantitative estimate of drug-likeness (QED) is 0.384. The number of furan rings is 1. The SMILES string of the molecule is N#CC(C(=O)N1CCOCC1)=c1sc(=Cc2ccc(-c3cc(Cl)ccc3Cl)o2)c(=O)n1-c1ccccc1. The van der Waals surface area contributed by atoms with Crippen LogP contribution in [0.3, 0.4) is 0 Å². The van der Waals surface area contributed by atoms with Gasteiger partial charge >= 0.3 is 0 Å². The van der Waals surface area contributed by atoms with Crippen molar-refractivity contribution in [3.05, 3.63) is 96.0 Å². The van der Waals surface area contributed by atoms with Crippen LogP contribution in [0.25, 0.3) is 28.7 Å². The second-order valence-electron chi connectivity index (χ2n) is 8.11. The molecule has 186 valence electrons. The first-order valence-corrected chi connectivity index (χ1v) is 12.9. The third-order valence-corrected chi connectivity index (χ3v) is 7.43. The van der Waals surface area contributed by atoms with E-state index in [1.54, 1.807) is 65.6 Å². The molecule has 4 aromatic rings. The summed E-state index contributed by atoms with van der Waals surface area (Å²) in [6.45, 7) is 1.56. The fourth-order valence-electron chi connectivity index (χ4n) is 3.96. The molecule has 1 fully saturated rings. The van der Waals surface area contributed by atoms with Crippen molar-refractivity contribution in [2.75, 3.05) is 26.3 Å². The molecule has 0 radical (unpaired) electrons. The van der Waals surface area contributed by atoms with Crippen molar-refractivity contribution < 1.29 is 13.9 Å². The predicted molar refractivity (Wildman–Crippen MR) is 143 cm³/mol. The lowest BCUT2D eigenvalue weighted by atomic mass is 10.2. The number of carbonyl (C=O) groups excluding carboxylic acids is 1. The minimum atomic E-state index is -0.431. The molecule has 10 heteroatoms. The lowest BCUT2D eigenvalue weighted by Gasteiger charge is -2.26. The second kappa shape index (κ2) is 10.8. The number of carbonyl (C=O) groups is 1. The van der Waals surface area contributed by atoms with Gasteiger partial charge in [0.15, 0.2) is 5.57 Å². The summed E-state index contributed by atoms with van der Waals surface area (Å²) in [4.78, 5) is 28.4. The third-order valence-electron chi connectivity index (χ3n) is 5.77. The van der Waals surface area contributed by atoms with Crippen LogP contribution in [0.1, 0.15) is 5.76 Å². The van der Waals surface area contributed by atoms with Crippen LogP contribution in [-0.4, -0.2) is 41.7 Å². The van der Waals surface area contributed by atoms with Crippen molar-refractivity contribution >= 4 is 52.1 Å². The van der Waals surface area contributed by atoms with Crippen LogP contribution in [-0.2, 0) is 9.53 Å². The predicted octanol–water partition coefficient (Wildman–Crippen LogP) is 3.83. The molecule has 3 heterocycles. The van der Waals surface area contributed by atoms with Crippen LogP contribution < -0.4 is 14.8 Å². The Kier molecular flexibility index (Phi) is 7.31. The largest absolute Gasteiger partial charge is 0.457 e. The Morgan fingerprint density at radius 2 is 1.81 bits per heavy atom. The molecular formula is C27H19Cl2N3O4S. The van der Waals surface area contributed by atoms with Gasteiger partial charge < -0.3 is 14.1 Å². The van der Waals surface area contributed by atoms with Crippen LogP contribution >= 0.6 is 34.5 Å². The molecule has 2 aromatic carbocycles. The number of hydrogen-bond donors (Lipinski definition) is 0. The Morgan fingerprint density at radius 1 is 1.05 bits per heavy atom. The Bertz CT molecular complexity index is 1690. The third kappa shape index (κ3) is 5.13. The highest BCUT2D eigenvalue weighted by Crippen LogP contribution is 2.31. The number of nitriles is 1. The van der Waals surface area contributed by atoms with E-state index in [1.807, 2.05) is 12.1 Å². The van der Waals surface area contributed by atoms with Crippen molar-refractivity contribution in [1.29, 1.82) is 5.26 Å². The number of para-hydroxylation sites is 1. The number of ether oxygens (including phenoxy) is 1. The molecule has 0 N–H and O–H groups in total. The van der Waals surface area contributed by atoms with Gasteiger partial charge in [-0.25, -0.2) is 0 Å². The van der Waals surface area contributed by atoms with E-state index in [0.717, 1.165) is 11.3 Å². The highest BCUT2D eigenvalue weighted by molar-refractivity contribution is 7.07. The molecule has 1 amide bonds. The first-order chi connectivity index (χ1) is 18.0. The van der Waals surface area contributed by atoms with Gasteiger partial charge in [0.2, 0.25) is 0 Å². The van der Waals surface area contributed by atoms with Crippen molar-refractivity contribution in [3.63, 3.8) is 0 Å². The molecule has 0 aliphatic carbocycles. The Hall–Kier alpha value is -3.61. The van der Waals surface area contributed by atoms with Crippen molar-refractivity contribution in [2.45, 2.75) is 0 Å². The summed E-state index contributed by atoms with van der Waals surface area (Å²) < 4.78 is 13.2. The summed E-state index contributed by atoms with van der Waals surface area (Å²) in [5, 5.41) is 11.0. The Morgan fingerprint density at radius 3 is 2.54 bits per heavy atom. The number of aromatic nitrogens is 1. The molecule has 0 spiro atoms. The second-order valence-corrected chi connectivity index (χ2v) is 9.98. The Balaban J connectivity index is 1.68. The van der Waals surface area contributed by atoms with E-state index in [4.69, 9.17) is 32.4 Å². The first kappa shape index (κ1) is 25.1. The fraction of sp³-hybridized carbons (Fsp3) is 0.148. The molecule has 7 nitrogen and oxygen atoms in total. The summed E-state index contributed by atoms with van der Waals surface area (Å²) in [6.07, 6.45) is 1.59. The monoisotopic (exact) mass is 551 g/mol. The molecule has 5 rings (SSSR count). The molecule has 0 bridgehead atoms. The van der Waals surface area contributed by atoms with E-state index in [2.05, 4.69) is 0 Å². The summed E-state index contributed by atoms with van der Waals surface area (Å²) in [6, 6.07) is 19.5. The normalized spacial score (nSPS) is 14.9. The number of nitrogens with zero attached hydrogens (tertiary/aromatic N) is 3. The van der Waals surface area contributed by atoms with Crippen LogP contribution in [0.2, 0.25) is 10.0 Å². The van der Waals surface area contributed by atoms with Crippen LogP contribution in [0.5, 0.6) is 0 Å². The number of amides is 1. The van der Waals surface area contributed by atoms with E-state index >= 15 is 0 Å². The highest BCUT2D eigenvalue weighted by atomic mass is 35.5. The molecule has 0 unspecified atom stereocenters. The number of thiazole rings is 1. The minimum absolute atomic E-state index is 0.0988.